The third kappa shape index (κ3) is 6.21. The molecule has 8 heteroatoms. The molecule has 0 amide bonds. The molecule has 1 N–H and O–H groups in total. The van der Waals surface area contributed by atoms with Crippen molar-refractivity contribution in [3.8, 4) is 0 Å². The summed E-state index contributed by atoms with van der Waals surface area (Å²) in [7, 11) is -1.81. The number of benzene rings is 1. The van der Waals surface area contributed by atoms with Crippen molar-refractivity contribution in [1.29, 1.82) is 0 Å². The second-order valence-electron chi connectivity index (χ2n) is 4.46. The molecule has 0 saturated heterocycles. The molecule has 20 heavy (non-hydrogen) atoms. The average molecular weight is 385 g/mol. The van der Waals surface area contributed by atoms with Crippen LogP contribution in [0.2, 0.25) is 5.02 Å². The van der Waals surface area contributed by atoms with Crippen LogP contribution in [0, 0.1) is 0 Å². The average Bonchev–Trinajstić information content (AvgIpc) is 2.29. The van der Waals surface area contributed by atoms with Crippen LogP contribution in [0.1, 0.15) is 5.56 Å². The molecule has 0 radical (unpaired) electrons. The maximum absolute atomic E-state index is 11.5. The Labute approximate surface area is 131 Å². The maximum atomic E-state index is 11.5. The molecule has 0 saturated carbocycles. The van der Waals surface area contributed by atoms with E-state index in [1.165, 1.54) is 0 Å². The highest BCUT2D eigenvalue weighted by atomic mass is 79.9. The molecule has 0 heterocycles. The first-order valence-corrected chi connectivity index (χ1v) is 8.73. The predicted octanol–water partition coefficient (Wildman–Crippen LogP) is 2.03. The first kappa shape index (κ1) is 17.4. The van der Waals surface area contributed by atoms with Crippen molar-refractivity contribution in [2.45, 2.75) is 6.54 Å². The Bertz CT molecular complexity index is 591. The predicted molar refractivity (Wildman–Crippen MR) is 81.8 cm³/mol. The van der Waals surface area contributed by atoms with E-state index in [0.717, 1.165) is 10.0 Å². The van der Waals surface area contributed by atoms with Gasteiger partial charge in [-0.25, -0.2) is 8.42 Å². The first-order valence-electron chi connectivity index (χ1n) is 5.74. The quantitative estimate of drug-likeness (QED) is 0.778. The van der Waals surface area contributed by atoms with Gasteiger partial charge in [0.15, 0.2) is 9.84 Å². The number of aliphatic carboxylic acids is 1. The number of hydrogen-bond donors (Lipinski definition) is 1. The van der Waals surface area contributed by atoms with Crippen molar-refractivity contribution in [1.82, 2.24) is 4.90 Å². The number of carboxylic acids is 1. The summed E-state index contributed by atoms with van der Waals surface area (Å²) in [4.78, 5) is 12.2. The third-order valence-electron chi connectivity index (χ3n) is 2.58. The highest BCUT2D eigenvalue weighted by Gasteiger charge is 2.16. The number of carboxylic acid groups (broad SMARTS) is 1. The van der Waals surface area contributed by atoms with Crippen LogP contribution in [0.4, 0.5) is 0 Å². The minimum absolute atomic E-state index is 0.191. The van der Waals surface area contributed by atoms with Gasteiger partial charge in [0, 0.05) is 22.6 Å². The van der Waals surface area contributed by atoms with E-state index in [1.54, 1.807) is 18.0 Å². The van der Waals surface area contributed by atoms with Crippen LogP contribution in [-0.4, -0.2) is 49.5 Å². The molecular formula is C12H15BrClNO4S. The number of halogens is 2. The zero-order chi connectivity index (χ0) is 15.3. The first-order chi connectivity index (χ1) is 9.19. The number of nitrogens with zero attached hydrogens (tertiary/aromatic N) is 1. The van der Waals surface area contributed by atoms with Gasteiger partial charge in [0.25, 0.3) is 0 Å². The van der Waals surface area contributed by atoms with E-state index >= 15 is 0 Å². The SMILES string of the molecule is CN(CCS(=O)(=O)CC(=O)O)Cc1ccc(Br)cc1Cl. The Morgan fingerprint density at radius 3 is 2.65 bits per heavy atom. The van der Waals surface area contributed by atoms with Crippen molar-refractivity contribution in [2.75, 3.05) is 25.1 Å². The van der Waals surface area contributed by atoms with Gasteiger partial charge in [0.2, 0.25) is 0 Å². The molecule has 0 aliphatic heterocycles. The van der Waals surface area contributed by atoms with Crippen molar-refractivity contribution >= 4 is 43.3 Å². The van der Waals surface area contributed by atoms with Crippen LogP contribution in [0.15, 0.2) is 22.7 Å². The van der Waals surface area contributed by atoms with E-state index in [0.29, 0.717) is 11.6 Å². The van der Waals surface area contributed by atoms with Crippen molar-refractivity contribution in [3.05, 3.63) is 33.3 Å². The van der Waals surface area contributed by atoms with Crippen molar-refractivity contribution in [3.63, 3.8) is 0 Å². The summed E-state index contributed by atoms with van der Waals surface area (Å²) in [5, 5.41) is 9.09. The smallest absolute Gasteiger partial charge is 0.318 e. The molecule has 112 valence electrons. The van der Waals surface area contributed by atoms with E-state index in [-0.39, 0.29) is 12.3 Å². The second kappa shape index (κ2) is 7.40. The van der Waals surface area contributed by atoms with Crippen LogP contribution in [0.5, 0.6) is 0 Å². The topological polar surface area (TPSA) is 74.7 Å². The number of carbonyl (C=O) groups is 1. The monoisotopic (exact) mass is 383 g/mol. The fourth-order valence-electron chi connectivity index (χ4n) is 1.57. The Balaban J connectivity index is 2.56. The van der Waals surface area contributed by atoms with E-state index in [2.05, 4.69) is 15.9 Å². The van der Waals surface area contributed by atoms with Gasteiger partial charge in [0.1, 0.15) is 5.75 Å². The third-order valence-corrected chi connectivity index (χ3v) is 4.92. The zero-order valence-electron chi connectivity index (χ0n) is 10.8. The number of rotatable bonds is 7. The lowest BCUT2D eigenvalue weighted by Gasteiger charge is -2.17. The molecule has 1 aromatic carbocycles. The summed E-state index contributed by atoms with van der Waals surface area (Å²) in [5.74, 6) is -2.35. The Morgan fingerprint density at radius 1 is 1.45 bits per heavy atom. The van der Waals surface area contributed by atoms with Crippen LogP contribution in [0.3, 0.4) is 0 Å². The molecule has 0 aromatic heterocycles. The molecule has 0 spiro atoms. The summed E-state index contributed by atoms with van der Waals surface area (Å²) >= 11 is 9.39. The largest absolute Gasteiger partial charge is 0.480 e. The van der Waals surface area contributed by atoms with Gasteiger partial charge in [-0.2, -0.15) is 0 Å². The molecule has 5 nitrogen and oxygen atoms in total. The highest BCUT2D eigenvalue weighted by Crippen LogP contribution is 2.22. The minimum Gasteiger partial charge on any atom is -0.480 e. The Morgan fingerprint density at radius 2 is 2.10 bits per heavy atom. The van der Waals surface area contributed by atoms with Gasteiger partial charge < -0.3 is 10.0 Å². The minimum atomic E-state index is -3.57. The molecule has 0 unspecified atom stereocenters. The number of hydrogen-bond acceptors (Lipinski definition) is 4. The summed E-state index contributed by atoms with van der Waals surface area (Å²) in [6.07, 6.45) is 0. The summed E-state index contributed by atoms with van der Waals surface area (Å²) in [5.41, 5.74) is 0.882. The van der Waals surface area contributed by atoms with Crippen LogP contribution >= 0.6 is 27.5 Å². The standard InChI is InChI=1S/C12H15BrClNO4S/c1-15(4-5-20(18,19)8-12(16)17)7-9-2-3-10(13)6-11(9)14/h2-3,6H,4-5,7-8H2,1H3,(H,16,17). The van der Waals surface area contributed by atoms with Crippen LogP contribution in [0.25, 0.3) is 0 Å². The molecular weight excluding hydrogens is 370 g/mol. The van der Waals surface area contributed by atoms with Gasteiger partial charge in [-0.05, 0) is 24.7 Å². The van der Waals surface area contributed by atoms with Gasteiger partial charge in [0.05, 0.1) is 5.75 Å². The lowest BCUT2D eigenvalue weighted by Crippen LogP contribution is -2.28. The van der Waals surface area contributed by atoms with Crippen LogP contribution in [-0.2, 0) is 21.2 Å². The van der Waals surface area contributed by atoms with E-state index in [4.69, 9.17) is 16.7 Å². The van der Waals surface area contributed by atoms with Crippen molar-refractivity contribution in [2.24, 2.45) is 0 Å². The molecule has 0 atom stereocenters. The summed E-state index contributed by atoms with van der Waals surface area (Å²) in [6, 6.07) is 5.48. The lowest BCUT2D eigenvalue weighted by atomic mass is 10.2. The Hall–Kier alpha value is -0.630. The molecule has 0 bridgehead atoms. The fraction of sp³-hybridized carbons (Fsp3) is 0.417. The maximum Gasteiger partial charge on any atom is 0.318 e. The summed E-state index contributed by atoms with van der Waals surface area (Å²) < 4.78 is 23.8. The second-order valence-corrected chi connectivity index (χ2v) is 7.97. The van der Waals surface area contributed by atoms with Crippen molar-refractivity contribution < 1.29 is 18.3 Å². The molecule has 0 aliphatic carbocycles. The van der Waals surface area contributed by atoms with E-state index in [1.807, 2.05) is 12.1 Å². The van der Waals surface area contributed by atoms with Gasteiger partial charge in [-0.15, -0.1) is 0 Å². The molecule has 0 fully saturated rings. The van der Waals surface area contributed by atoms with E-state index in [9.17, 15) is 13.2 Å². The van der Waals surface area contributed by atoms with Gasteiger partial charge in [-0.3, -0.25) is 4.79 Å². The molecule has 0 aliphatic rings. The number of sulfone groups is 1. The molecule has 1 rings (SSSR count). The zero-order valence-corrected chi connectivity index (χ0v) is 14.0. The van der Waals surface area contributed by atoms with Gasteiger partial charge >= 0.3 is 5.97 Å². The normalized spacial score (nSPS) is 11.8. The molecule has 1 aromatic rings. The highest BCUT2D eigenvalue weighted by molar-refractivity contribution is 9.10. The Kier molecular flexibility index (Phi) is 6.44. The summed E-state index contributed by atoms with van der Waals surface area (Å²) in [6.45, 7) is 0.747. The lowest BCUT2D eigenvalue weighted by molar-refractivity contribution is -0.134. The van der Waals surface area contributed by atoms with Gasteiger partial charge in [-0.1, -0.05) is 33.6 Å². The van der Waals surface area contributed by atoms with E-state index < -0.39 is 21.6 Å². The van der Waals surface area contributed by atoms with Crippen LogP contribution < -0.4 is 0 Å². The fourth-order valence-corrected chi connectivity index (χ4v) is 3.42.